The summed E-state index contributed by atoms with van der Waals surface area (Å²) >= 11 is 1.96. The van der Waals surface area contributed by atoms with Crippen LogP contribution in [0.4, 0.5) is 0 Å². The lowest BCUT2D eigenvalue weighted by Crippen LogP contribution is -2.33. The summed E-state index contributed by atoms with van der Waals surface area (Å²) in [5.41, 5.74) is 1.55. The third-order valence-electron chi connectivity index (χ3n) is 4.30. The van der Waals surface area contributed by atoms with Crippen molar-refractivity contribution < 1.29 is 0 Å². The van der Waals surface area contributed by atoms with E-state index in [1.54, 1.807) is 5.56 Å². The molecule has 1 aromatic rings. The lowest BCUT2D eigenvalue weighted by molar-refractivity contribution is 0.175. The van der Waals surface area contributed by atoms with Gasteiger partial charge in [0.05, 0.1) is 0 Å². The van der Waals surface area contributed by atoms with Gasteiger partial charge in [-0.05, 0) is 56.9 Å². The molecule has 108 valence electrons. The first-order chi connectivity index (χ1) is 9.22. The van der Waals surface area contributed by atoms with Crippen molar-refractivity contribution in [2.24, 2.45) is 5.92 Å². The van der Waals surface area contributed by atoms with Crippen LogP contribution in [0.3, 0.4) is 0 Å². The Hall–Kier alpha value is -0.380. The molecular formula is C16H28N2S. The second kappa shape index (κ2) is 7.41. The maximum absolute atomic E-state index is 3.42. The van der Waals surface area contributed by atoms with Crippen LogP contribution in [0.2, 0.25) is 0 Å². The number of thiophene rings is 1. The Morgan fingerprint density at radius 2 is 2.05 bits per heavy atom. The summed E-state index contributed by atoms with van der Waals surface area (Å²) in [5, 5.41) is 3.42. The molecule has 0 amide bonds. The average molecular weight is 280 g/mol. The Labute approximate surface area is 122 Å². The van der Waals surface area contributed by atoms with E-state index in [1.807, 2.05) is 11.3 Å². The largest absolute Gasteiger partial charge is 0.312 e. The Balaban J connectivity index is 1.87. The van der Waals surface area contributed by atoms with Crippen LogP contribution in [0.1, 0.15) is 48.4 Å². The van der Waals surface area contributed by atoms with Crippen LogP contribution in [0.5, 0.6) is 0 Å². The topological polar surface area (TPSA) is 15.3 Å². The summed E-state index contributed by atoms with van der Waals surface area (Å²) in [7, 11) is 0. The minimum Gasteiger partial charge on any atom is -0.312 e. The van der Waals surface area contributed by atoms with Gasteiger partial charge in [0.15, 0.2) is 0 Å². The lowest BCUT2D eigenvalue weighted by atomic mass is 9.94. The molecule has 19 heavy (non-hydrogen) atoms. The zero-order chi connectivity index (χ0) is 13.7. The predicted octanol–water partition coefficient (Wildman–Crippen LogP) is 3.79. The highest BCUT2D eigenvalue weighted by Crippen LogP contribution is 2.26. The highest BCUT2D eigenvalue weighted by molar-refractivity contribution is 7.12. The first-order valence-corrected chi connectivity index (χ1v) is 8.55. The van der Waals surface area contributed by atoms with Crippen LogP contribution in [-0.2, 0) is 13.1 Å². The van der Waals surface area contributed by atoms with Crippen molar-refractivity contribution in [3.8, 4) is 0 Å². The van der Waals surface area contributed by atoms with Crippen molar-refractivity contribution in [2.45, 2.75) is 53.1 Å². The van der Waals surface area contributed by atoms with Crippen LogP contribution < -0.4 is 5.32 Å². The highest BCUT2D eigenvalue weighted by Gasteiger charge is 2.18. The molecule has 1 N–H and O–H groups in total. The second-order valence-corrected chi connectivity index (χ2v) is 7.04. The Kier molecular flexibility index (Phi) is 5.86. The van der Waals surface area contributed by atoms with Crippen LogP contribution in [0, 0.1) is 12.8 Å². The minimum atomic E-state index is 0.976. The van der Waals surface area contributed by atoms with Gasteiger partial charge < -0.3 is 5.32 Å². The molecule has 3 heteroatoms. The van der Waals surface area contributed by atoms with E-state index >= 15 is 0 Å². The number of hydrogen-bond acceptors (Lipinski definition) is 3. The number of rotatable bonds is 6. The van der Waals surface area contributed by atoms with Crippen LogP contribution in [0.15, 0.2) is 6.07 Å². The number of hydrogen-bond donors (Lipinski definition) is 1. The van der Waals surface area contributed by atoms with E-state index in [-0.39, 0.29) is 0 Å². The normalized spacial score (nSPS) is 18.1. The molecule has 0 aliphatic carbocycles. The third kappa shape index (κ3) is 4.30. The van der Waals surface area contributed by atoms with Crippen molar-refractivity contribution >= 4 is 11.3 Å². The molecule has 0 unspecified atom stereocenters. The van der Waals surface area contributed by atoms with E-state index in [2.05, 4.69) is 37.1 Å². The molecule has 0 saturated carbocycles. The summed E-state index contributed by atoms with van der Waals surface area (Å²) in [6.07, 6.45) is 4.14. The molecule has 0 bridgehead atoms. The van der Waals surface area contributed by atoms with Gasteiger partial charge in [-0.2, -0.15) is 0 Å². The number of piperidine rings is 1. The molecule has 1 saturated heterocycles. The van der Waals surface area contributed by atoms with Crippen molar-refractivity contribution in [2.75, 3.05) is 19.6 Å². The molecule has 0 radical (unpaired) electrons. The first kappa shape index (κ1) is 15.0. The zero-order valence-electron chi connectivity index (χ0n) is 12.7. The average Bonchev–Trinajstić information content (AvgIpc) is 2.78. The number of nitrogens with one attached hydrogen (secondary N) is 1. The molecular weight excluding hydrogens is 252 g/mol. The Bertz CT molecular complexity index is 378. The molecule has 1 aliphatic rings. The van der Waals surface area contributed by atoms with Crippen molar-refractivity contribution in [3.05, 3.63) is 21.4 Å². The van der Waals surface area contributed by atoms with Gasteiger partial charge in [-0.1, -0.05) is 20.3 Å². The maximum Gasteiger partial charge on any atom is 0.0299 e. The molecule has 2 nitrogen and oxygen atoms in total. The van der Waals surface area contributed by atoms with Gasteiger partial charge in [-0.3, -0.25) is 4.90 Å². The fraction of sp³-hybridized carbons (Fsp3) is 0.750. The molecule has 0 aromatic carbocycles. The Morgan fingerprint density at radius 1 is 1.32 bits per heavy atom. The van der Waals surface area contributed by atoms with Crippen molar-refractivity contribution in [1.29, 1.82) is 0 Å². The zero-order valence-corrected chi connectivity index (χ0v) is 13.5. The number of likely N-dealkylation sites (tertiary alicyclic amines) is 1. The quantitative estimate of drug-likeness (QED) is 0.853. The van der Waals surface area contributed by atoms with Gasteiger partial charge in [0.25, 0.3) is 0 Å². The maximum atomic E-state index is 3.42. The highest BCUT2D eigenvalue weighted by atomic mass is 32.1. The SMILES string of the molecule is CCNCc1cc(CN2CCC(CC)CC2)c(C)s1. The molecule has 1 fully saturated rings. The van der Waals surface area contributed by atoms with Crippen molar-refractivity contribution in [3.63, 3.8) is 0 Å². The monoisotopic (exact) mass is 280 g/mol. The Morgan fingerprint density at radius 3 is 2.68 bits per heavy atom. The van der Waals surface area contributed by atoms with Gasteiger partial charge in [-0.15, -0.1) is 11.3 Å². The second-order valence-electron chi connectivity index (χ2n) is 5.70. The molecule has 2 rings (SSSR count). The summed E-state index contributed by atoms with van der Waals surface area (Å²) in [5.74, 6) is 0.976. The summed E-state index contributed by atoms with van der Waals surface area (Å²) in [4.78, 5) is 5.63. The predicted molar refractivity (Wildman–Crippen MR) is 84.7 cm³/mol. The molecule has 2 heterocycles. The standard InChI is InChI=1S/C16H28N2S/c1-4-14-6-8-18(9-7-14)12-15-10-16(11-17-5-2)19-13(15)3/h10,14,17H,4-9,11-12H2,1-3H3. The van der Waals surface area contributed by atoms with Crippen LogP contribution in [-0.4, -0.2) is 24.5 Å². The van der Waals surface area contributed by atoms with E-state index in [0.717, 1.165) is 25.6 Å². The first-order valence-electron chi connectivity index (χ1n) is 7.74. The van der Waals surface area contributed by atoms with Gasteiger partial charge in [0, 0.05) is 22.8 Å². The van der Waals surface area contributed by atoms with Gasteiger partial charge in [0.2, 0.25) is 0 Å². The summed E-state index contributed by atoms with van der Waals surface area (Å²) in [6, 6.07) is 2.41. The van der Waals surface area contributed by atoms with E-state index in [4.69, 9.17) is 0 Å². The third-order valence-corrected chi connectivity index (χ3v) is 5.39. The fourth-order valence-electron chi connectivity index (χ4n) is 2.87. The van der Waals surface area contributed by atoms with Crippen LogP contribution in [0.25, 0.3) is 0 Å². The molecule has 1 aromatic heterocycles. The van der Waals surface area contributed by atoms with E-state index in [1.165, 1.54) is 42.1 Å². The van der Waals surface area contributed by atoms with E-state index in [0.29, 0.717) is 0 Å². The van der Waals surface area contributed by atoms with Gasteiger partial charge in [-0.25, -0.2) is 0 Å². The minimum absolute atomic E-state index is 0.976. The number of nitrogens with zero attached hydrogens (tertiary/aromatic N) is 1. The van der Waals surface area contributed by atoms with Gasteiger partial charge in [0.1, 0.15) is 0 Å². The molecule has 0 atom stereocenters. The smallest absolute Gasteiger partial charge is 0.0299 e. The fourth-order valence-corrected chi connectivity index (χ4v) is 3.90. The summed E-state index contributed by atoms with van der Waals surface area (Å²) < 4.78 is 0. The van der Waals surface area contributed by atoms with Gasteiger partial charge >= 0.3 is 0 Å². The number of aryl methyl sites for hydroxylation is 1. The lowest BCUT2D eigenvalue weighted by Gasteiger charge is -2.31. The van der Waals surface area contributed by atoms with E-state index in [9.17, 15) is 0 Å². The van der Waals surface area contributed by atoms with E-state index < -0.39 is 0 Å². The molecule has 0 spiro atoms. The molecule has 1 aliphatic heterocycles. The van der Waals surface area contributed by atoms with Crippen molar-refractivity contribution in [1.82, 2.24) is 10.2 Å². The summed E-state index contributed by atoms with van der Waals surface area (Å²) in [6.45, 7) is 12.6. The van der Waals surface area contributed by atoms with Crippen LogP contribution >= 0.6 is 11.3 Å².